The Kier molecular flexibility index (Phi) is 5.63. The van der Waals surface area contributed by atoms with Crippen LogP contribution in [0, 0.1) is 0 Å². The molecule has 6 nitrogen and oxygen atoms in total. The van der Waals surface area contributed by atoms with Crippen LogP contribution >= 0.6 is 11.3 Å². The van der Waals surface area contributed by atoms with Crippen LogP contribution in [0.3, 0.4) is 0 Å². The van der Waals surface area contributed by atoms with Crippen LogP contribution in [-0.2, 0) is 6.54 Å². The molecule has 2 aliphatic rings. The van der Waals surface area contributed by atoms with E-state index in [-0.39, 0.29) is 18.7 Å². The summed E-state index contributed by atoms with van der Waals surface area (Å²) in [5.74, 6) is 1.34. The third-order valence-electron chi connectivity index (χ3n) is 6.26. The van der Waals surface area contributed by atoms with E-state index in [4.69, 9.17) is 9.47 Å². The van der Waals surface area contributed by atoms with Crippen molar-refractivity contribution in [2.24, 2.45) is 0 Å². The molecule has 7 heteroatoms. The molecule has 0 saturated carbocycles. The van der Waals surface area contributed by atoms with Crippen LogP contribution in [0.4, 0.5) is 0 Å². The number of piperidine rings is 1. The number of carbonyl (C=O) groups is 1. The highest BCUT2D eigenvalue weighted by atomic mass is 32.1. The summed E-state index contributed by atoms with van der Waals surface area (Å²) < 4.78 is 11.0. The molecule has 32 heavy (non-hydrogen) atoms. The van der Waals surface area contributed by atoms with E-state index in [1.165, 1.54) is 0 Å². The maximum atomic E-state index is 13.0. The number of likely N-dealkylation sites (tertiary alicyclic amines) is 1. The second-order valence-corrected chi connectivity index (χ2v) is 9.52. The number of nitrogens with one attached hydrogen (secondary N) is 1. The van der Waals surface area contributed by atoms with Gasteiger partial charge in [-0.25, -0.2) is 0 Å². The number of ether oxygens (including phenoxy) is 2. The summed E-state index contributed by atoms with van der Waals surface area (Å²) in [4.78, 5) is 16.5. The van der Waals surface area contributed by atoms with Gasteiger partial charge in [0.1, 0.15) is 0 Å². The maximum absolute atomic E-state index is 13.0. The summed E-state index contributed by atoms with van der Waals surface area (Å²) in [5, 5.41) is 16.5. The summed E-state index contributed by atoms with van der Waals surface area (Å²) in [6.45, 7) is 3.45. The summed E-state index contributed by atoms with van der Waals surface area (Å²) in [5.41, 5.74) is 0.649. The van der Waals surface area contributed by atoms with E-state index in [9.17, 15) is 9.90 Å². The van der Waals surface area contributed by atoms with Crippen molar-refractivity contribution in [3.63, 3.8) is 0 Å². The second-order valence-electron chi connectivity index (χ2n) is 8.54. The molecule has 0 aliphatic carbocycles. The standard InChI is InChI=1S/C25H26N2O4S/c1-25(29)11-12-27(15-17-9-10-19-20(14-17)31-16-30-19)22(21-8-5-13-32-21)23(25)26-24(28)18-6-3-2-4-7-18/h2-10,13-14,22-23,29H,11-12,15-16H2,1H3,(H,26,28). The van der Waals surface area contributed by atoms with E-state index in [2.05, 4.69) is 16.3 Å². The number of aliphatic hydroxyl groups is 1. The largest absolute Gasteiger partial charge is 0.454 e. The van der Waals surface area contributed by atoms with Gasteiger partial charge in [0.2, 0.25) is 6.79 Å². The second kappa shape index (κ2) is 8.58. The Balaban J connectivity index is 1.45. The van der Waals surface area contributed by atoms with Crippen molar-refractivity contribution in [2.75, 3.05) is 13.3 Å². The lowest BCUT2D eigenvalue weighted by molar-refractivity contribution is -0.0656. The van der Waals surface area contributed by atoms with Crippen molar-refractivity contribution < 1.29 is 19.4 Å². The van der Waals surface area contributed by atoms with Crippen molar-refractivity contribution in [1.82, 2.24) is 10.2 Å². The SMILES string of the molecule is CC1(O)CCN(Cc2ccc3c(c2)OCO3)C(c2cccs2)C1NC(=O)c1ccccc1. The molecule has 3 unspecified atom stereocenters. The average Bonchev–Trinajstić information content (AvgIpc) is 3.48. The Labute approximate surface area is 191 Å². The van der Waals surface area contributed by atoms with E-state index in [0.29, 0.717) is 25.1 Å². The molecule has 1 aromatic heterocycles. The fourth-order valence-corrected chi connectivity index (χ4v) is 5.41. The predicted octanol–water partition coefficient (Wildman–Crippen LogP) is 3.97. The molecule has 3 aromatic rings. The van der Waals surface area contributed by atoms with Crippen LogP contribution in [0.15, 0.2) is 66.0 Å². The van der Waals surface area contributed by atoms with Gasteiger partial charge in [-0.05, 0) is 54.6 Å². The van der Waals surface area contributed by atoms with Gasteiger partial charge in [-0.3, -0.25) is 9.69 Å². The van der Waals surface area contributed by atoms with Crippen LogP contribution in [0.1, 0.15) is 40.2 Å². The van der Waals surface area contributed by atoms with Crippen molar-refractivity contribution in [3.8, 4) is 11.5 Å². The first-order valence-electron chi connectivity index (χ1n) is 10.8. The number of nitrogens with zero attached hydrogens (tertiary/aromatic N) is 1. The number of rotatable bonds is 5. The zero-order chi connectivity index (χ0) is 22.1. The molecule has 2 aliphatic heterocycles. The molecule has 5 rings (SSSR count). The first kappa shape index (κ1) is 21.0. The average molecular weight is 451 g/mol. The number of fused-ring (bicyclic) bond motifs is 1. The molecule has 2 N–H and O–H groups in total. The van der Waals surface area contributed by atoms with E-state index in [0.717, 1.165) is 21.9 Å². The molecular formula is C25H26N2O4S. The lowest BCUT2D eigenvalue weighted by atomic mass is 9.81. The van der Waals surface area contributed by atoms with Crippen LogP contribution in [0.2, 0.25) is 0 Å². The van der Waals surface area contributed by atoms with E-state index < -0.39 is 11.6 Å². The highest BCUT2D eigenvalue weighted by Gasteiger charge is 2.46. The van der Waals surface area contributed by atoms with Gasteiger partial charge in [-0.1, -0.05) is 30.3 Å². The molecular weight excluding hydrogens is 424 g/mol. The minimum Gasteiger partial charge on any atom is -0.454 e. The summed E-state index contributed by atoms with van der Waals surface area (Å²) >= 11 is 1.64. The van der Waals surface area contributed by atoms with Crippen LogP contribution in [0.25, 0.3) is 0 Å². The van der Waals surface area contributed by atoms with E-state index in [1.54, 1.807) is 23.5 Å². The summed E-state index contributed by atoms with van der Waals surface area (Å²) in [6.07, 6.45) is 0.555. The number of amides is 1. The first-order valence-corrected chi connectivity index (χ1v) is 11.6. The van der Waals surface area contributed by atoms with Gasteiger partial charge in [-0.15, -0.1) is 11.3 Å². The van der Waals surface area contributed by atoms with Crippen molar-refractivity contribution >= 4 is 17.2 Å². The van der Waals surface area contributed by atoms with Crippen LogP contribution in [0.5, 0.6) is 11.5 Å². The lowest BCUT2D eigenvalue weighted by Crippen LogP contribution is -2.62. The van der Waals surface area contributed by atoms with Gasteiger partial charge in [0, 0.05) is 23.5 Å². The molecule has 1 amide bonds. The molecule has 1 saturated heterocycles. The normalized spacial score (nSPS) is 24.9. The van der Waals surface area contributed by atoms with Crippen LogP contribution < -0.4 is 14.8 Å². The van der Waals surface area contributed by atoms with Crippen molar-refractivity contribution in [1.29, 1.82) is 0 Å². The fraction of sp³-hybridized carbons (Fsp3) is 0.320. The number of hydrogen-bond acceptors (Lipinski definition) is 6. The van der Waals surface area contributed by atoms with Gasteiger partial charge in [0.05, 0.1) is 17.7 Å². The minimum absolute atomic E-state index is 0.156. The maximum Gasteiger partial charge on any atom is 0.251 e. The molecule has 3 atom stereocenters. The Morgan fingerprint density at radius 1 is 1.16 bits per heavy atom. The van der Waals surface area contributed by atoms with E-state index >= 15 is 0 Å². The molecule has 0 bridgehead atoms. The smallest absolute Gasteiger partial charge is 0.251 e. The molecule has 0 radical (unpaired) electrons. The monoisotopic (exact) mass is 450 g/mol. The van der Waals surface area contributed by atoms with Gasteiger partial charge < -0.3 is 19.9 Å². The Bertz CT molecular complexity index is 1080. The van der Waals surface area contributed by atoms with Gasteiger partial charge >= 0.3 is 0 Å². The Morgan fingerprint density at radius 3 is 2.75 bits per heavy atom. The number of hydrogen-bond donors (Lipinski definition) is 2. The molecule has 0 spiro atoms. The topological polar surface area (TPSA) is 71.0 Å². The molecule has 166 valence electrons. The first-order chi connectivity index (χ1) is 15.5. The number of carbonyl (C=O) groups excluding carboxylic acids is 1. The number of benzene rings is 2. The number of thiophene rings is 1. The molecule has 1 fully saturated rings. The third kappa shape index (κ3) is 4.11. The zero-order valence-electron chi connectivity index (χ0n) is 17.9. The predicted molar refractivity (Wildman–Crippen MR) is 123 cm³/mol. The van der Waals surface area contributed by atoms with Crippen LogP contribution in [-0.4, -0.2) is 40.9 Å². The summed E-state index contributed by atoms with van der Waals surface area (Å²) in [6, 6.07) is 18.6. The molecule has 2 aromatic carbocycles. The zero-order valence-corrected chi connectivity index (χ0v) is 18.7. The highest BCUT2D eigenvalue weighted by Crippen LogP contribution is 2.40. The van der Waals surface area contributed by atoms with Gasteiger partial charge in [-0.2, -0.15) is 0 Å². The van der Waals surface area contributed by atoms with Gasteiger partial charge in [0.25, 0.3) is 5.91 Å². The molecule has 3 heterocycles. The fourth-order valence-electron chi connectivity index (χ4n) is 4.52. The quantitative estimate of drug-likeness (QED) is 0.616. The van der Waals surface area contributed by atoms with Gasteiger partial charge in [0.15, 0.2) is 11.5 Å². The lowest BCUT2D eigenvalue weighted by Gasteiger charge is -2.48. The van der Waals surface area contributed by atoms with Crippen molar-refractivity contribution in [2.45, 2.75) is 37.6 Å². The van der Waals surface area contributed by atoms with Crippen molar-refractivity contribution in [3.05, 3.63) is 82.0 Å². The summed E-state index contributed by atoms with van der Waals surface area (Å²) in [7, 11) is 0. The third-order valence-corrected chi connectivity index (χ3v) is 7.21. The minimum atomic E-state index is -1.04. The highest BCUT2D eigenvalue weighted by molar-refractivity contribution is 7.10. The van der Waals surface area contributed by atoms with E-state index in [1.807, 2.05) is 54.8 Å². The Morgan fingerprint density at radius 2 is 1.97 bits per heavy atom. The Hall–Kier alpha value is -2.87.